The highest BCUT2D eigenvalue weighted by Crippen LogP contribution is 2.38. The van der Waals surface area contributed by atoms with E-state index in [4.69, 9.17) is 22.1 Å². The van der Waals surface area contributed by atoms with Gasteiger partial charge in [0.05, 0.1) is 0 Å². The van der Waals surface area contributed by atoms with Crippen LogP contribution in [0.15, 0.2) is 47.8 Å². The average Bonchev–Trinajstić information content (AvgIpc) is 3.12. The van der Waals surface area contributed by atoms with Gasteiger partial charge < -0.3 is 15.8 Å². The zero-order valence-corrected chi connectivity index (χ0v) is 17.2. The summed E-state index contributed by atoms with van der Waals surface area (Å²) in [6, 6.07) is 16.3. The molecule has 0 unspecified atom stereocenters. The van der Waals surface area contributed by atoms with Crippen LogP contribution < -0.4 is 15.8 Å². The maximum atomic E-state index is 9.64. The van der Waals surface area contributed by atoms with Gasteiger partial charge in [-0.05, 0) is 35.2 Å². The number of nitrogens with zero attached hydrogens (tertiary/aromatic N) is 1. The Morgan fingerprint density at radius 2 is 1.93 bits per heavy atom. The van der Waals surface area contributed by atoms with Crippen LogP contribution in [-0.4, -0.2) is 13.1 Å². The Kier molecular flexibility index (Phi) is 7.07. The van der Waals surface area contributed by atoms with Gasteiger partial charge in [-0.15, -0.1) is 11.3 Å². The molecule has 0 atom stereocenters. The predicted octanol–water partition coefficient (Wildman–Crippen LogP) is 4.88. The SMILES string of the molecule is Cc1ccc(-c2csc(OCc3ccc(CNCCN)cc3)c2C#N)cc1Cl. The monoisotopic (exact) mass is 411 g/mol. The zero-order valence-electron chi connectivity index (χ0n) is 15.7. The minimum atomic E-state index is 0.416. The summed E-state index contributed by atoms with van der Waals surface area (Å²) >= 11 is 7.67. The Labute approximate surface area is 174 Å². The highest BCUT2D eigenvalue weighted by molar-refractivity contribution is 7.12. The first kappa shape index (κ1) is 20.4. The van der Waals surface area contributed by atoms with E-state index in [-0.39, 0.29) is 0 Å². The highest BCUT2D eigenvalue weighted by Gasteiger charge is 2.15. The lowest BCUT2D eigenvalue weighted by Gasteiger charge is -2.07. The summed E-state index contributed by atoms with van der Waals surface area (Å²) in [7, 11) is 0. The van der Waals surface area contributed by atoms with Gasteiger partial charge in [0.1, 0.15) is 18.2 Å². The van der Waals surface area contributed by atoms with Crippen molar-refractivity contribution in [3.63, 3.8) is 0 Å². The summed E-state index contributed by atoms with van der Waals surface area (Å²) in [6.07, 6.45) is 0. The number of nitrogens with one attached hydrogen (secondary N) is 1. The molecule has 3 rings (SSSR count). The Bertz CT molecular complexity index is 976. The van der Waals surface area contributed by atoms with E-state index in [1.54, 1.807) is 0 Å². The normalized spacial score (nSPS) is 10.6. The van der Waals surface area contributed by atoms with Crippen LogP contribution in [-0.2, 0) is 13.2 Å². The molecule has 0 aliphatic carbocycles. The third-order valence-corrected chi connectivity index (χ3v) is 5.69. The third-order valence-electron chi connectivity index (χ3n) is 4.40. The molecule has 2 aromatic carbocycles. The van der Waals surface area contributed by atoms with E-state index in [2.05, 4.69) is 23.5 Å². The Morgan fingerprint density at radius 3 is 2.61 bits per heavy atom. The van der Waals surface area contributed by atoms with Gasteiger partial charge in [0.2, 0.25) is 0 Å². The molecular weight excluding hydrogens is 390 g/mol. The van der Waals surface area contributed by atoms with Crippen molar-refractivity contribution in [1.82, 2.24) is 5.32 Å². The minimum Gasteiger partial charge on any atom is -0.478 e. The van der Waals surface area contributed by atoms with E-state index in [0.29, 0.717) is 28.8 Å². The summed E-state index contributed by atoms with van der Waals surface area (Å²) in [4.78, 5) is 0. The number of thiophene rings is 1. The van der Waals surface area contributed by atoms with E-state index in [0.717, 1.165) is 35.3 Å². The molecule has 0 amide bonds. The molecule has 0 aliphatic rings. The topological polar surface area (TPSA) is 71.1 Å². The van der Waals surface area contributed by atoms with Crippen LogP contribution in [0, 0.1) is 18.3 Å². The summed E-state index contributed by atoms with van der Waals surface area (Å²) < 4.78 is 5.94. The molecule has 0 saturated carbocycles. The first-order valence-electron chi connectivity index (χ1n) is 9.02. The van der Waals surface area contributed by atoms with E-state index in [1.165, 1.54) is 16.9 Å². The van der Waals surface area contributed by atoms with Gasteiger partial charge in [-0.1, -0.05) is 48.0 Å². The van der Waals surface area contributed by atoms with Crippen LogP contribution in [0.3, 0.4) is 0 Å². The molecule has 4 nitrogen and oxygen atoms in total. The molecule has 6 heteroatoms. The van der Waals surface area contributed by atoms with Crippen molar-refractivity contribution in [3.05, 3.63) is 75.1 Å². The fourth-order valence-electron chi connectivity index (χ4n) is 2.76. The van der Waals surface area contributed by atoms with Gasteiger partial charge in [-0.2, -0.15) is 5.26 Å². The lowest BCUT2D eigenvalue weighted by atomic mass is 10.0. The van der Waals surface area contributed by atoms with Gasteiger partial charge in [-0.25, -0.2) is 0 Å². The molecule has 0 saturated heterocycles. The molecule has 3 N–H and O–H groups in total. The summed E-state index contributed by atoms with van der Waals surface area (Å²) in [5, 5.41) is 16.2. The molecule has 144 valence electrons. The smallest absolute Gasteiger partial charge is 0.192 e. The number of nitrogens with two attached hydrogens (primary N) is 1. The van der Waals surface area contributed by atoms with E-state index >= 15 is 0 Å². The van der Waals surface area contributed by atoms with Crippen LogP contribution in [0.4, 0.5) is 0 Å². The molecule has 0 bridgehead atoms. The molecule has 0 fully saturated rings. The van der Waals surface area contributed by atoms with Crippen molar-refractivity contribution in [2.24, 2.45) is 5.73 Å². The molecule has 0 aliphatic heterocycles. The summed E-state index contributed by atoms with van der Waals surface area (Å²) in [6.45, 7) is 4.60. The molecular formula is C22H22ClN3OS. The Hall–Kier alpha value is -2.36. The lowest BCUT2D eigenvalue weighted by Crippen LogP contribution is -2.21. The fraction of sp³-hybridized carbons (Fsp3) is 0.227. The van der Waals surface area contributed by atoms with Crippen molar-refractivity contribution in [2.75, 3.05) is 13.1 Å². The number of aryl methyl sites for hydroxylation is 1. The van der Waals surface area contributed by atoms with Gasteiger partial charge in [-0.3, -0.25) is 0 Å². The highest BCUT2D eigenvalue weighted by atomic mass is 35.5. The van der Waals surface area contributed by atoms with Crippen LogP contribution >= 0.6 is 22.9 Å². The predicted molar refractivity (Wildman–Crippen MR) is 116 cm³/mol. The molecule has 1 aromatic heterocycles. The van der Waals surface area contributed by atoms with Crippen molar-refractivity contribution in [2.45, 2.75) is 20.1 Å². The zero-order chi connectivity index (χ0) is 19.9. The molecule has 0 radical (unpaired) electrons. The largest absolute Gasteiger partial charge is 0.478 e. The molecule has 3 aromatic rings. The first-order valence-corrected chi connectivity index (χ1v) is 10.3. The summed E-state index contributed by atoms with van der Waals surface area (Å²) in [5.74, 6) is 0. The number of benzene rings is 2. The number of rotatable bonds is 8. The second kappa shape index (κ2) is 9.72. The third kappa shape index (κ3) is 4.92. The maximum Gasteiger partial charge on any atom is 0.192 e. The van der Waals surface area contributed by atoms with Crippen molar-refractivity contribution in [1.29, 1.82) is 5.26 Å². The van der Waals surface area contributed by atoms with Crippen LogP contribution in [0.1, 0.15) is 22.3 Å². The van der Waals surface area contributed by atoms with E-state index in [1.807, 2.05) is 42.6 Å². The van der Waals surface area contributed by atoms with Crippen LogP contribution in [0.5, 0.6) is 5.06 Å². The standard InChI is InChI=1S/C22H22ClN3OS/c1-15-2-7-18(10-21(15)23)20-14-28-22(19(20)11-25)27-13-17-5-3-16(4-6-17)12-26-9-8-24/h2-7,10,14,26H,8-9,12-13,24H2,1H3. The second-order valence-corrected chi connectivity index (χ2v) is 7.71. The van der Waals surface area contributed by atoms with Crippen LogP contribution in [0.25, 0.3) is 11.1 Å². The summed E-state index contributed by atoms with van der Waals surface area (Å²) in [5.41, 5.74) is 11.1. The van der Waals surface area contributed by atoms with Gasteiger partial charge in [0.15, 0.2) is 5.06 Å². The van der Waals surface area contributed by atoms with E-state index < -0.39 is 0 Å². The fourth-order valence-corrected chi connectivity index (χ4v) is 3.82. The lowest BCUT2D eigenvalue weighted by molar-refractivity contribution is 0.315. The molecule has 1 heterocycles. The number of halogens is 1. The Morgan fingerprint density at radius 1 is 1.18 bits per heavy atom. The number of hydrogen-bond acceptors (Lipinski definition) is 5. The average molecular weight is 412 g/mol. The number of hydrogen-bond donors (Lipinski definition) is 2. The Balaban J connectivity index is 1.69. The second-order valence-electron chi connectivity index (χ2n) is 6.46. The van der Waals surface area contributed by atoms with Crippen molar-refractivity contribution in [3.8, 4) is 22.3 Å². The van der Waals surface area contributed by atoms with Gasteiger partial charge in [0, 0.05) is 35.6 Å². The first-order chi connectivity index (χ1) is 13.6. The van der Waals surface area contributed by atoms with Crippen molar-refractivity contribution >= 4 is 22.9 Å². The molecule has 0 spiro atoms. The minimum absolute atomic E-state index is 0.416. The number of nitriles is 1. The van der Waals surface area contributed by atoms with Gasteiger partial charge >= 0.3 is 0 Å². The van der Waals surface area contributed by atoms with Crippen LogP contribution in [0.2, 0.25) is 5.02 Å². The maximum absolute atomic E-state index is 9.64. The quantitative estimate of drug-likeness (QED) is 0.518. The van der Waals surface area contributed by atoms with Gasteiger partial charge in [0.25, 0.3) is 0 Å². The number of ether oxygens (including phenoxy) is 1. The molecule has 28 heavy (non-hydrogen) atoms. The van der Waals surface area contributed by atoms with Crippen molar-refractivity contribution < 1.29 is 4.74 Å². The van der Waals surface area contributed by atoms with E-state index in [9.17, 15) is 5.26 Å².